The molecule has 0 N–H and O–H groups in total. The smallest absolute Gasteiger partial charge is 0.0723 e. The first kappa shape index (κ1) is 11.5. The Balaban J connectivity index is 2.59. The molecular formula is C12H17ClO. The third kappa shape index (κ3) is 3.32. The van der Waals surface area contributed by atoms with Gasteiger partial charge >= 0.3 is 0 Å². The molecule has 0 saturated heterocycles. The Labute approximate surface area is 91.0 Å². The van der Waals surface area contributed by atoms with Crippen LogP contribution in [0.1, 0.15) is 31.4 Å². The molecule has 1 unspecified atom stereocenters. The summed E-state index contributed by atoms with van der Waals surface area (Å²) >= 11 is 5.87. The molecule has 1 atom stereocenters. The highest BCUT2D eigenvalue weighted by Gasteiger charge is 2.02. The van der Waals surface area contributed by atoms with Crippen molar-refractivity contribution in [1.29, 1.82) is 0 Å². The number of halogens is 1. The molecule has 0 amide bonds. The minimum atomic E-state index is 0.324. The standard InChI is InChI=1S/C12H17ClO/c1-4-10(3)14-8-11-5-6-12(13)7-9(11)2/h5-7,10H,4,8H2,1-3H3. The van der Waals surface area contributed by atoms with E-state index < -0.39 is 0 Å². The van der Waals surface area contributed by atoms with E-state index in [1.54, 1.807) is 0 Å². The molecule has 0 aliphatic carbocycles. The van der Waals surface area contributed by atoms with E-state index in [1.807, 2.05) is 18.2 Å². The summed E-state index contributed by atoms with van der Waals surface area (Å²) < 4.78 is 5.65. The van der Waals surface area contributed by atoms with Gasteiger partial charge in [-0.1, -0.05) is 24.6 Å². The van der Waals surface area contributed by atoms with Crippen LogP contribution in [-0.2, 0) is 11.3 Å². The highest BCUT2D eigenvalue weighted by Crippen LogP contribution is 2.16. The van der Waals surface area contributed by atoms with Gasteiger partial charge < -0.3 is 4.74 Å². The van der Waals surface area contributed by atoms with Crippen LogP contribution in [0.5, 0.6) is 0 Å². The fourth-order valence-electron chi connectivity index (χ4n) is 1.17. The fourth-order valence-corrected chi connectivity index (χ4v) is 1.40. The average molecular weight is 213 g/mol. The first-order valence-electron chi connectivity index (χ1n) is 5.00. The van der Waals surface area contributed by atoms with Crippen LogP contribution in [0.15, 0.2) is 18.2 Å². The summed E-state index contributed by atoms with van der Waals surface area (Å²) in [4.78, 5) is 0. The Bertz CT molecular complexity index is 296. The van der Waals surface area contributed by atoms with E-state index in [0.29, 0.717) is 12.7 Å². The minimum absolute atomic E-state index is 0.324. The average Bonchev–Trinajstić information content (AvgIpc) is 2.16. The van der Waals surface area contributed by atoms with Gasteiger partial charge in [-0.05, 0) is 43.5 Å². The number of rotatable bonds is 4. The Morgan fingerprint density at radius 2 is 2.14 bits per heavy atom. The van der Waals surface area contributed by atoms with Gasteiger partial charge in [-0.2, -0.15) is 0 Å². The van der Waals surface area contributed by atoms with Crippen molar-refractivity contribution in [3.63, 3.8) is 0 Å². The van der Waals surface area contributed by atoms with Crippen LogP contribution in [0.3, 0.4) is 0 Å². The molecule has 2 heteroatoms. The van der Waals surface area contributed by atoms with Gasteiger partial charge in [0.25, 0.3) is 0 Å². The summed E-state index contributed by atoms with van der Waals surface area (Å²) in [5.41, 5.74) is 2.41. The van der Waals surface area contributed by atoms with Crippen molar-refractivity contribution in [3.8, 4) is 0 Å². The number of hydrogen-bond acceptors (Lipinski definition) is 1. The lowest BCUT2D eigenvalue weighted by atomic mass is 10.1. The van der Waals surface area contributed by atoms with Crippen molar-refractivity contribution < 1.29 is 4.74 Å². The van der Waals surface area contributed by atoms with Crippen LogP contribution in [0, 0.1) is 6.92 Å². The molecule has 14 heavy (non-hydrogen) atoms. The molecule has 0 aromatic heterocycles. The van der Waals surface area contributed by atoms with Gasteiger partial charge in [-0.15, -0.1) is 0 Å². The summed E-state index contributed by atoms with van der Waals surface area (Å²) in [6.45, 7) is 6.95. The molecule has 78 valence electrons. The molecule has 0 spiro atoms. The number of benzene rings is 1. The number of aryl methyl sites for hydroxylation is 1. The van der Waals surface area contributed by atoms with Crippen LogP contribution < -0.4 is 0 Å². The zero-order valence-electron chi connectivity index (χ0n) is 9.01. The van der Waals surface area contributed by atoms with Gasteiger partial charge in [0.05, 0.1) is 12.7 Å². The summed E-state index contributed by atoms with van der Waals surface area (Å²) in [6.07, 6.45) is 1.37. The third-order valence-corrected chi connectivity index (χ3v) is 2.64. The summed E-state index contributed by atoms with van der Waals surface area (Å²) in [5.74, 6) is 0. The molecule has 0 fully saturated rings. The van der Waals surface area contributed by atoms with Crippen LogP contribution in [0.4, 0.5) is 0 Å². The van der Waals surface area contributed by atoms with Gasteiger partial charge in [0, 0.05) is 5.02 Å². The minimum Gasteiger partial charge on any atom is -0.374 e. The van der Waals surface area contributed by atoms with Crippen LogP contribution in [-0.4, -0.2) is 6.10 Å². The molecule has 1 nitrogen and oxygen atoms in total. The molecule has 1 aromatic carbocycles. The predicted octanol–water partition coefficient (Wildman–Crippen LogP) is 3.96. The van der Waals surface area contributed by atoms with Gasteiger partial charge in [0.1, 0.15) is 0 Å². The van der Waals surface area contributed by atoms with Crippen molar-refractivity contribution >= 4 is 11.6 Å². The Kier molecular flexibility index (Phi) is 4.43. The molecule has 0 heterocycles. The van der Waals surface area contributed by atoms with Crippen molar-refractivity contribution in [2.24, 2.45) is 0 Å². The first-order valence-corrected chi connectivity index (χ1v) is 5.38. The largest absolute Gasteiger partial charge is 0.374 e. The maximum atomic E-state index is 5.87. The lowest BCUT2D eigenvalue weighted by molar-refractivity contribution is 0.0506. The van der Waals surface area contributed by atoms with Crippen molar-refractivity contribution in [3.05, 3.63) is 34.3 Å². The molecule has 0 aliphatic heterocycles. The fraction of sp³-hybridized carbons (Fsp3) is 0.500. The molecule has 0 radical (unpaired) electrons. The molecule has 1 aromatic rings. The summed E-state index contributed by atoms with van der Waals surface area (Å²) in [6, 6.07) is 5.90. The second kappa shape index (κ2) is 5.38. The predicted molar refractivity (Wildman–Crippen MR) is 60.7 cm³/mol. The lowest BCUT2D eigenvalue weighted by Crippen LogP contribution is -2.06. The van der Waals surface area contributed by atoms with E-state index in [4.69, 9.17) is 16.3 Å². The van der Waals surface area contributed by atoms with Gasteiger partial charge in [0.2, 0.25) is 0 Å². The van der Waals surface area contributed by atoms with E-state index in [2.05, 4.69) is 20.8 Å². The van der Waals surface area contributed by atoms with Crippen LogP contribution in [0.2, 0.25) is 5.02 Å². The zero-order chi connectivity index (χ0) is 10.6. The monoisotopic (exact) mass is 212 g/mol. The van der Waals surface area contributed by atoms with Crippen LogP contribution in [0.25, 0.3) is 0 Å². The second-order valence-electron chi connectivity index (χ2n) is 3.60. The Morgan fingerprint density at radius 1 is 1.43 bits per heavy atom. The highest BCUT2D eigenvalue weighted by molar-refractivity contribution is 6.30. The van der Waals surface area contributed by atoms with Gasteiger partial charge in [0.15, 0.2) is 0 Å². The first-order chi connectivity index (χ1) is 6.63. The molecular weight excluding hydrogens is 196 g/mol. The maximum Gasteiger partial charge on any atom is 0.0723 e. The van der Waals surface area contributed by atoms with Crippen molar-refractivity contribution in [2.45, 2.75) is 39.9 Å². The van der Waals surface area contributed by atoms with Gasteiger partial charge in [-0.3, -0.25) is 0 Å². The number of ether oxygens (including phenoxy) is 1. The van der Waals surface area contributed by atoms with E-state index in [9.17, 15) is 0 Å². The zero-order valence-corrected chi connectivity index (χ0v) is 9.77. The topological polar surface area (TPSA) is 9.23 Å². The van der Waals surface area contributed by atoms with Crippen molar-refractivity contribution in [2.75, 3.05) is 0 Å². The van der Waals surface area contributed by atoms with E-state index in [0.717, 1.165) is 11.4 Å². The summed E-state index contributed by atoms with van der Waals surface area (Å²) in [7, 11) is 0. The Hall–Kier alpha value is -0.530. The van der Waals surface area contributed by atoms with E-state index >= 15 is 0 Å². The SMILES string of the molecule is CCC(C)OCc1ccc(Cl)cc1C. The van der Waals surface area contributed by atoms with Crippen molar-refractivity contribution in [1.82, 2.24) is 0 Å². The normalized spacial score (nSPS) is 12.9. The van der Waals surface area contributed by atoms with E-state index in [-0.39, 0.29) is 0 Å². The third-order valence-electron chi connectivity index (χ3n) is 2.40. The van der Waals surface area contributed by atoms with E-state index in [1.165, 1.54) is 11.1 Å². The molecule has 1 rings (SSSR count). The lowest BCUT2D eigenvalue weighted by Gasteiger charge is -2.12. The quantitative estimate of drug-likeness (QED) is 0.734. The molecule has 0 aliphatic rings. The highest BCUT2D eigenvalue weighted by atomic mass is 35.5. The number of hydrogen-bond donors (Lipinski definition) is 0. The van der Waals surface area contributed by atoms with Crippen LogP contribution >= 0.6 is 11.6 Å². The Morgan fingerprint density at radius 3 is 2.71 bits per heavy atom. The second-order valence-corrected chi connectivity index (χ2v) is 4.04. The van der Waals surface area contributed by atoms with Gasteiger partial charge in [-0.25, -0.2) is 0 Å². The molecule has 0 bridgehead atoms. The summed E-state index contributed by atoms with van der Waals surface area (Å²) in [5, 5.41) is 0.787. The maximum absolute atomic E-state index is 5.87. The molecule has 0 saturated carbocycles.